The molecule has 2 unspecified atom stereocenters. The maximum Gasteiger partial charge on any atom is 0.310 e. The maximum atomic E-state index is 13.8. The number of allylic oxidation sites excluding steroid dienone is 1. The van der Waals surface area contributed by atoms with Gasteiger partial charge in [-0.25, -0.2) is 8.78 Å². The number of ether oxygens (including phenoxy) is 1. The van der Waals surface area contributed by atoms with Gasteiger partial charge >= 0.3 is 5.97 Å². The number of hydrogen-bond acceptors (Lipinski definition) is 2. The highest BCUT2D eigenvalue weighted by Gasteiger charge is 2.61. The Morgan fingerprint density at radius 2 is 1.86 bits per heavy atom. The van der Waals surface area contributed by atoms with E-state index in [9.17, 15) is 13.6 Å². The van der Waals surface area contributed by atoms with E-state index in [1.807, 2.05) is 19.9 Å². The zero-order chi connectivity index (χ0) is 20.5. The van der Waals surface area contributed by atoms with Crippen LogP contribution < -0.4 is 0 Å². The molecule has 0 aromatic heterocycles. The van der Waals surface area contributed by atoms with Gasteiger partial charge in [0.05, 0.1) is 9.31 Å². The molecule has 0 saturated heterocycles. The fourth-order valence-corrected chi connectivity index (χ4v) is 4.21. The van der Waals surface area contributed by atoms with Gasteiger partial charge in [-0.3, -0.25) is 4.79 Å². The summed E-state index contributed by atoms with van der Waals surface area (Å²) in [5, 5.41) is 0. The summed E-state index contributed by atoms with van der Waals surface area (Å²) in [5.74, 6) is -0.780. The summed E-state index contributed by atoms with van der Waals surface area (Å²) in [6.45, 7) is 3.35. The third kappa shape index (κ3) is 4.38. The van der Waals surface area contributed by atoms with E-state index < -0.39 is 6.67 Å². The Bertz CT molecular complexity index is 903. The predicted octanol–water partition coefficient (Wildman–Crippen LogP) is 6.91. The van der Waals surface area contributed by atoms with Crippen molar-refractivity contribution < 1.29 is 18.3 Å². The van der Waals surface area contributed by atoms with Crippen LogP contribution in [0.25, 0.3) is 11.1 Å². The molecule has 1 saturated carbocycles. The van der Waals surface area contributed by atoms with Gasteiger partial charge in [-0.05, 0) is 77.6 Å². The van der Waals surface area contributed by atoms with Gasteiger partial charge in [-0.2, -0.15) is 0 Å². The van der Waals surface area contributed by atoms with Crippen molar-refractivity contribution in [2.45, 2.75) is 27.1 Å². The molecule has 2 aromatic carbocycles. The monoisotopic (exact) mass is 512 g/mol. The first-order valence-corrected chi connectivity index (χ1v) is 10.5. The summed E-state index contributed by atoms with van der Waals surface area (Å²) < 4.78 is 33.3. The number of halogens is 4. The first kappa shape index (κ1) is 21.2. The summed E-state index contributed by atoms with van der Waals surface area (Å²) in [5.41, 5.74) is 2.29. The molecule has 0 bridgehead atoms. The van der Waals surface area contributed by atoms with Crippen LogP contribution in [0.4, 0.5) is 8.78 Å². The zero-order valence-corrected chi connectivity index (χ0v) is 18.7. The van der Waals surface area contributed by atoms with Gasteiger partial charge in [-0.15, -0.1) is 0 Å². The van der Waals surface area contributed by atoms with Gasteiger partial charge in [0.2, 0.25) is 0 Å². The lowest BCUT2D eigenvalue weighted by atomic mass is 9.96. The lowest BCUT2D eigenvalue weighted by Crippen LogP contribution is -2.11. The van der Waals surface area contributed by atoms with Crippen LogP contribution in [0, 0.1) is 23.1 Å². The molecule has 0 N–H and O–H groups in total. The molecule has 6 heteroatoms. The highest BCUT2D eigenvalue weighted by atomic mass is 79.9. The third-order valence-corrected chi connectivity index (χ3v) is 5.93. The van der Waals surface area contributed by atoms with E-state index in [4.69, 9.17) is 4.74 Å². The summed E-state index contributed by atoms with van der Waals surface area (Å²) in [6.07, 6.45) is 1.95. The molecule has 1 aliphatic rings. The number of alkyl halides is 1. The normalized spacial score (nSPS) is 19.8. The smallest absolute Gasteiger partial charge is 0.310 e. The van der Waals surface area contributed by atoms with Crippen LogP contribution in [0.2, 0.25) is 0 Å². The molecule has 28 heavy (non-hydrogen) atoms. The third-order valence-electron chi connectivity index (χ3n) is 5.40. The Morgan fingerprint density at radius 3 is 2.46 bits per heavy atom. The van der Waals surface area contributed by atoms with E-state index in [-0.39, 0.29) is 35.6 Å². The van der Waals surface area contributed by atoms with Crippen molar-refractivity contribution >= 4 is 37.8 Å². The molecule has 2 nitrogen and oxygen atoms in total. The van der Waals surface area contributed by atoms with E-state index in [2.05, 4.69) is 31.9 Å². The number of esters is 1. The second-order valence-corrected chi connectivity index (χ2v) is 10.2. The van der Waals surface area contributed by atoms with E-state index in [0.717, 1.165) is 8.96 Å². The van der Waals surface area contributed by atoms with Crippen LogP contribution in [0.1, 0.15) is 25.0 Å². The van der Waals surface area contributed by atoms with Gasteiger partial charge in [-0.1, -0.05) is 50.3 Å². The van der Waals surface area contributed by atoms with Crippen molar-refractivity contribution in [1.29, 1.82) is 0 Å². The number of hydrogen-bond donors (Lipinski definition) is 0. The Hall–Kier alpha value is -1.53. The van der Waals surface area contributed by atoms with Crippen molar-refractivity contribution in [3.8, 4) is 11.1 Å². The van der Waals surface area contributed by atoms with Crippen LogP contribution in [0.3, 0.4) is 0 Å². The largest absolute Gasteiger partial charge is 0.461 e. The zero-order valence-electron chi connectivity index (χ0n) is 15.5. The van der Waals surface area contributed by atoms with Crippen molar-refractivity contribution in [2.24, 2.45) is 17.3 Å². The Labute approximate surface area is 180 Å². The fourth-order valence-electron chi connectivity index (χ4n) is 3.64. The maximum absolute atomic E-state index is 13.8. The molecule has 2 atom stereocenters. The predicted molar refractivity (Wildman–Crippen MR) is 113 cm³/mol. The molecule has 2 aromatic rings. The topological polar surface area (TPSA) is 26.3 Å². The van der Waals surface area contributed by atoms with Gasteiger partial charge in [0, 0.05) is 0 Å². The Morgan fingerprint density at radius 1 is 1.18 bits per heavy atom. The molecule has 0 aliphatic heterocycles. The number of carbonyl (C=O) groups is 1. The quantitative estimate of drug-likeness (QED) is 0.392. The van der Waals surface area contributed by atoms with E-state index >= 15 is 0 Å². The van der Waals surface area contributed by atoms with E-state index in [1.54, 1.807) is 30.3 Å². The molecular weight excluding hydrogens is 494 g/mol. The second kappa shape index (κ2) is 8.46. The fraction of sp³-hybridized carbons (Fsp3) is 0.318. The van der Waals surface area contributed by atoms with Gasteiger partial charge in [0.25, 0.3) is 0 Å². The van der Waals surface area contributed by atoms with Crippen molar-refractivity contribution in [3.05, 3.63) is 68.9 Å². The number of carbonyl (C=O) groups excluding carboxylic acids is 1. The number of rotatable bonds is 6. The molecule has 1 fully saturated rings. The lowest BCUT2D eigenvalue weighted by Gasteiger charge is -2.13. The standard InChI is InChI=1S/C22H20Br2F2O2/c1-22(2)18(10-19(23)24)20(22)21(27)28-12-14-4-3-5-16(17(14)11-25)13-6-8-15(26)9-7-13/h3-10,18,20H,11-12H2,1-2H3. The van der Waals surface area contributed by atoms with Gasteiger partial charge in [0.15, 0.2) is 0 Å². The van der Waals surface area contributed by atoms with Gasteiger partial charge < -0.3 is 4.74 Å². The lowest BCUT2D eigenvalue weighted by molar-refractivity contribution is -0.147. The van der Waals surface area contributed by atoms with Crippen LogP contribution in [0.5, 0.6) is 0 Å². The molecular formula is C22H20Br2F2O2. The second-order valence-electron chi connectivity index (χ2n) is 7.47. The molecule has 0 amide bonds. The van der Waals surface area contributed by atoms with Crippen LogP contribution in [-0.4, -0.2) is 5.97 Å². The summed E-state index contributed by atoms with van der Waals surface area (Å²) >= 11 is 6.67. The van der Waals surface area contributed by atoms with E-state index in [1.165, 1.54) is 12.1 Å². The molecule has 148 valence electrons. The minimum Gasteiger partial charge on any atom is -0.461 e. The van der Waals surface area contributed by atoms with Gasteiger partial charge in [0.1, 0.15) is 19.1 Å². The molecule has 3 rings (SSSR count). The molecule has 0 radical (unpaired) electrons. The highest BCUT2D eigenvalue weighted by molar-refractivity contribution is 9.28. The Balaban J connectivity index is 1.76. The van der Waals surface area contributed by atoms with Crippen LogP contribution >= 0.6 is 31.9 Å². The average Bonchev–Trinajstić information content (AvgIpc) is 3.19. The molecule has 1 aliphatic carbocycles. The first-order valence-electron chi connectivity index (χ1n) is 8.87. The minimum atomic E-state index is -0.697. The average molecular weight is 514 g/mol. The van der Waals surface area contributed by atoms with Crippen LogP contribution in [-0.2, 0) is 22.8 Å². The number of benzene rings is 2. The highest BCUT2D eigenvalue weighted by Crippen LogP contribution is 2.60. The first-order chi connectivity index (χ1) is 13.3. The van der Waals surface area contributed by atoms with Crippen LogP contribution in [0.15, 0.2) is 51.9 Å². The molecule has 0 heterocycles. The van der Waals surface area contributed by atoms with Crippen molar-refractivity contribution in [1.82, 2.24) is 0 Å². The van der Waals surface area contributed by atoms with Crippen molar-refractivity contribution in [2.75, 3.05) is 0 Å². The Kier molecular flexibility index (Phi) is 6.40. The van der Waals surface area contributed by atoms with E-state index in [0.29, 0.717) is 16.7 Å². The molecule has 0 spiro atoms. The summed E-state index contributed by atoms with van der Waals surface area (Å²) in [6, 6.07) is 11.2. The minimum absolute atomic E-state index is 0.00557. The van der Waals surface area contributed by atoms with Crippen molar-refractivity contribution in [3.63, 3.8) is 0 Å². The summed E-state index contributed by atoms with van der Waals surface area (Å²) in [7, 11) is 0. The SMILES string of the molecule is CC1(C)C(C=C(Br)Br)C1C(=O)OCc1cccc(-c2ccc(F)cc2)c1CF. The summed E-state index contributed by atoms with van der Waals surface area (Å²) in [4.78, 5) is 12.6.